The molecule has 3 N–H and O–H groups in total. The van der Waals surface area contributed by atoms with Crippen LogP contribution in [0.4, 0.5) is 0 Å². The van der Waals surface area contributed by atoms with Crippen molar-refractivity contribution >= 4 is 5.96 Å². The standard InChI is InChI=1S/C22H38N4O5/c1-6-23-21(25-15-22(2,27)16-26-11-13-31-14-12-26)24-10-9-17-7-8-18(28-3)20(30-5)19(17)29-4/h7-8,27H,6,9-16H2,1-5H3,(H2,23,24,25). The highest BCUT2D eigenvalue weighted by molar-refractivity contribution is 5.79. The van der Waals surface area contributed by atoms with Crippen LogP contribution in [0, 0.1) is 0 Å². The van der Waals surface area contributed by atoms with Gasteiger partial charge in [0.05, 0.1) is 46.7 Å². The first-order chi connectivity index (χ1) is 14.9. The highest BCUT2D eigenvalue weighted by Gasteiger charge is 2.25. The minimum absolute atomic E-state index is 0.305. The van der Waals surface area contributed by atoms with Crippen molar-refractivity contribution in [3.8, 4) is 17.2 Å². The minimum Gasteiger partial charge on any atom is -0.493 e. The van der Waals surface area contributed by atoms with E-state index in [9.17, 15) is 5.11 Å². The third-order valence-corrected chi connectivity index (χ3v) is 5.06. The zero-order chi connectivity index (χ0) is 22.7. The van der Waals surface area contributed by atoms with Gasteiger partial charge in [0, 0.05) is 38.3 Å². The smallest absolute Gasteiger partial charge is 0.203 e. The zero-order valence-electron chi connectivity index (χ0n) is 19.5. The van der Waals surface area contributed by atoms with Crippen molar-refractivity contribution in [3.05, 3.63) is 17.7 Å². The molecule has 1 fully saturated rings. The second-order valence-corrected chi connectivity index (χ2v) is 7.75. The lowest BCUT2D eigenvalue weighted by molar-refractivity contribution is -0.0179. The van der Waals surface area contributed by atoms with E-state index in [2.05, 4.69) is 20.5 Å². The van der Waals surface area contributed by atoms with E-state index >= 15 is 0 Å². The number of nitrogens with one attached hydrogen (secondary N) is 2. The number of aliphatic imine (C=N–C) groups is 1. The van der Waals surface area contributed by atoms with Crippen LogP contribution < -0.4 is 24.8 Å². The second-order valence-electron chi connectivity index (χ2n) is 7.75. The van der Waals surface area contributed by atoms with E-state index in [-0.39, 0.29) is 0 Å². The number of methoxy groups -OCH3 is 3. The number of rotatable bonds is 11. The molecule has 1 saturated heterocycles. The Morgan fingerprint density at radius 2 is 1.84 bits per heavy atom. The van der Waals surface area contributed by atoms with Crippen LogP contribution in [-0.2, 0) is 11.2 Å². The molecule has 1 heterocycles. The van der Waals surface area contributed by atoms with Crippen LogP contribution in [0.3, 0.4) is 0 Å². The maximum absolute atomic E-state index is 10.8. The molecule has 1 aromatic carbocycles. The number of nitrogens with zero attached hydrogens (tertiary/aromatic N) is 2. The van der Waals surface area contributed by atoms with Crippen molar-refractivity contribution in [2.24, 2.45) is 4.99 Å². The molecule has 0 aliphatic carbocycles. The molecular formula is C22H38N4O5. The van der Waals surface area contributed by atoms with Gasteiger partial charge in [-0.05, 0) is 26.3 Å². The van der Waals surface area contributed by atoms with E-state index in [1.807, 2.05) is 26.0 Å². The van der Waals surface area contributed by atoms with Crippen LogP contribution in [-0.4, -0.2) is 95.4 Å². The SMILES string of the molecule is CCNC(=NCC(C)(O)CN1CCOCC1)NCCc1ccc(OC)c(OC)c1OC. The molecule has 31 heavy (non-hydrogen) atoms. The fourth-order valence-corrected chi connectivity index (χ4v) is 3.56. The van der Waals surface area contributed by atoms with Crippen LogP contribution in [0.2, 0.25) is 0 Å². The molecular weight excluding hydrogens is 400 g/mol. The van der Waals surface area contributed by atoms with E-state index in [4.69, 9.17) is 18.9 Å². The van der Waals surface area contributed by atoms with Crippen molar-refractivity contribution in [1.29, 1.82) is 0 Å². The number of guanidine groups is 1. The molecule has 1 aliphatic heterocycles. The van der Waals surface area contributed by atoms with Gasteiger partial charge >= 0.3 is 0 Å². The Hall–Kier alpha value is -2.23. The Bertz CT molecular complexity index is 705. The summed E-state index contributed by atoms with van der Waals surface area (Å²) >= 11 is 0. The first-order valence-electron chi connectivity index (χ1n) is 10.8. The van der Waals surface area contributed by atoms with Crippen molar-refractivity contribution in [1.82, 2.24) is 15.5 Å². The van der Waals surface area contributed by atoms with E-state index in [1.54, 1.807) is 21.3 Å². The fourth-order valence-electron chi connectivity index (χ4n) is 3.56. The second kappa shape index (κ2) is 12.6. The molecule has 1 atom stereocenters. The van der Waals surface area contributed by atoms with Gasteiger partial charge in [0.1, 0.15) is 0 Å². The van der Waals surface area contributed by atoms with Gasteiger partial charge in [-0.2, -0.15) is 0 Å². The molecule has 0 spiro atoms. The molecule has 0 bridgehead atoms. The summed E-state index contributed by atoms with van der Waals surface area (Å²) in [6.07, 6.45) is 0.706. The van der Waals surface area contributed by atoms with Gasteiger partial charge in [-0.1, -0.05) is 6.07 Å². The van der Waals surface area contributed by atoms with Gasteiger partial charge in [-0.25, -0.2) is 0 Å². The lowest BCUT2D eigenvalue weighted by Gasteiger charge is -2.33. The first kappa shape index (κ1) is 25.0. The summed E-state index contributed by atoms with van der Waals surface area (Å²) in [7, 11) is 4.82. The summed E-state index contributed by atoms with van der Waals surface area (Å²) in [5.41, 5.74) is 0.0921. The average molecular weight is 439 g/mol. The Kier molecular flexibility index (Phi) is 10.2. The summed E-state index contributed by atoms with van der Waals surface area (Å²) in [5, 5.41) is 17.3. The summed E-state index contributed by atoms with van der Waals surface area (Å²) < 4.78 is 21.7. The predicted molar refractivity (Wildman–Crippen MR) is 122 cm³/mol. The Morgan fingerprint density at radius 3 is 2.45 bits per heavy atom. The zero-order valence-corrected chi connectivity index (χ0v) is 19.5. The number of benzene rings is 1. The van der Waals surface area contributed by atoms with Crippen molar-refractivity contribution in [2.45, 2.75) is 25.9 Å². The van der Waals surface area contributed by atoms with Crippen molar-refractivity contribution < 1.29 is 24.1 Å². The molecule has 1 unspecified atom stereocenters. The van der Waals surface area contributed by atoms with E-state index in [1.165, 1.54) is 0 Å². The third kappa shape index (κ3) is 7.75. The summed E-state index contributed by atoms with van der Waals surface area (Å²) in [4.78, 5) is 6.81. The monoisotopic (exact) mass is 438 g/mol. The predicted octanol–water partition coefficient (Wildman–Crippen LogP) is 0.893. The number of aliphatic hydroxyl groups is 1. The van der Waals surface area contributed by atoms with Crippen LogP contribution in [0.1, 0.15) is 19.4 Å². The number of ether oxygens (including phenoxy) is 4. The Balaban J connectivity index is 1.96. The molecule has 9 heteroatoms. The molecule has 9 nitrogen and oxygen atoms in total. The highest BCUT2D eigenvalue weighted by Crippen LogP contribution is 2.39. The number of morpholine rings is 1. The number of hydrogen-bond acceptors (Lipinski definition) is 7. The summed E-state index contributed by atoms with van der Waals surface area (Å²) in [5.74, 6) is 2.55. The summed E-state index contributed by atoms with van der Waals surface area (Å²) in [6.45, 7) is 9.19. The van der Waals surface area contributed by atoms with Gasteiger partial charge in [0.25, 0.3) is 0 Å². The normalized spacial score (nSPS) is 17.0. The quantitative estimate of drug-likeness (QED) is 0.346. The molecule has 0 saturated carbocycles. The third-order valence-electron chi connectivity index (χ3n) is 5.06. The van der Waals surface area contributed by atoms with Crippen molar-refractivity contribution in [2.75, 3.05) is 73.8 Å². The van der Waals surface area contributed by atoms with Gasteiger partial charge < -0.3 is 34.7 Å². The molecule has 0 amide bonds. The average Bonchev–Trinajstić information content (AvgIpc) is 2.77. The van der Waals surface area contributed by atoms with Crippen LogP contribution >= 0.6 is 0 Å². The molecule has 0 radical (unpaired) electrons. The topological polar surface area (TPSA) is 96.8 Å². The maximum Gasteiger partial charge on any atom is 0.203 e. The Morgan fingerprint density at radius 1 is 1.13 bits per heavy atom. The van der Waals surface area contributed by atoms with Crippen LogP contribution in [0.25, 0.3) is 0 Å². The molecule has 1 aliphatic rings. The largest absolute Gasteiger partial charge is 0.493 e. The Labute approximate surface area is 185 Å². The van der Waals surface area contributed by atoms with Crippen molar-refractivity contribution in [3.63, 3.8) is 0 Å². The molecule has 2 rings (SSSR count). The summed E-state index contributed by atoms with van der Waals surface area (Å²) in [6, 6.07) is 3.85. The van der Waals surface area contributed by atoms with Gasteiger partial charge in [0.2, 0.25) is 5.75 Å². The van der Waals surface area contributed by atoms with E-state index < -0.39 is 5.60 Å². The number of hydrogen-bond donors (Lipinski definition) is 3. The van der Waals surface area contributed by atoms with Crippen LogP contribution in [0.5, 0.6) is 17.2 Å². The lowest BCUT2D eigenvalue weighted by atomic mass is 10.1. The minimum atomic E-state index is -0.910. The number of β-amino-alcohol motifs (C(OH)–C–C–N with tert-alkyl or cyclic N) is 1. The molecule has 176 valence electrons. The van der Waals surface area contributed by atoms with Gasteiger partial charge in [-0.3, -0.25) is 9.89 Å². The first-order valence-corrected chi connectivity index (χ1v) is 10.8. The van der Waals surface area contributed by atoms with Crippen LogP contribution in [0.15, 0.2) is 17.1 Å². The fraction of sp³-hybridized carbons (Fsp3) is 0.682. The van der Waals surface area contributed by atoms with Gasteiger partial charge in [-0.15, -0.1) is 0 Å². The molecule has 1 aromatic rings. The maximum atomic E-state index is 10.8. The lowest BCUT2D eigenvalue weighted by Crippen LogP contribution is -2.48. The highest BCUT2D eigenvalue weighted by atomic mass is 16.5. The van der Waals surface area contributed by atoms with E-state index in [0.29, 0.717) is 62.5 Å². The molecule has 0 aromatic heterocycles. The van der Waals surface area contributed by atoms with Gasteiger partial charge in [0.15, 0.2) is 17.5 Å². The van der Waals surface area contributed by atoms with E-state index in [0.717, 1.165) is 25.2 Å².